The molecule has 0 aromatic carbocycles. The van der Waals surface area contributed by atoms with Crippen LogP contribution in [0.4, 0.5) is 9.18 Å². The molecule has 1 saturated heterocycles. The Morgan fingerprint density at radius 1 is 1.35 bits per heavy atom. The van der Waals surface area contributed by atoms with Crippen molar-refractivity contribution in [1.29, 1.82) is 0 Å². The molecular formula is C11H9FN2O3. The first-order valence-corrected chi connectivity index (χ1v) is 5.23. The summed E-state index contributed by atoms with van der Waals surface area (Å²) in [6.07, 6.45) is 0.523. The van der Waals surface area contributed by atoms with Gasteiger partial charge in [0.15, 0.2) is 17.7 Å². The van der Waals surface area contributed by atoms with Crippen molar-refractivity contribution in [2.45, 2.75) is 18.1 Å². The Balaban J connectivity index is 2.10. The zero-order valence-electron chi connectivity index (χ0n) is 8.75. The molecule has 17 heavy (non-hydrogen) atoms. The number of amides is 2. The molecular weight excluding hydrogens is 227 g/mol. The van der Waals surface area contributed by atoms with E-state index in [0.29, 0.717) is 5.57 Å². The van der Waals surface area contributed by atoms with Crippen molar-refractivity contribution in [3.63, 3.8) is 0 Å². The van der Waals surface area contributed by atoms with Crippen LogP contribution in [0, 0.1) is 0 Å². The van der Waals surface area contributed by atoms with Crippen molar-refractivity contribution in [3.05, 3.63) is 23.3 Å². The molecule has 1 heterocycles. The fraction of sp³-hybridized carbons (Fsp3) is 0.364. The second kappa shape index (κ2) is 3.03. The number of allylic oxidation sites excluding steroid dienone is 2. The van der Waals surface area contributed by atoms with Crippen molar-refractivity contribution in [2.75, 3.05) is 6.54 Å². The maximum absolute atomic E-state index is 13.4. The van der Waals surface area contributed by atoms with Gasteiger partial charge in [0.2, 0.25) is 0 Å². The summed E-state index contributed by atoms with van der Waals surface area (Å²) in [5.74, 6) is -0.952. The Morgan fingerprint density at radius 3 is 2.76 bits per heavy atom. The largest absolute Gasteiger partial charge is 0.335 e. The van der Waals surface area contributed by atoms with Crippen molar-refractivity contribution in [2.24, 2.45) is 0 Å². The van der Waals surface area contributed by atoms with E-state index in [1.807, 2.05) is 0 Å². The molecule has 0 radical (unpaired) electrons. The fourth-order valence-corrected chi connectivity index (χ4v) is 2.54. The smallest absolute Gasteiger partial charge is 0.315 e. The second-order valence-electron chi connectivity index (χ2n) is 4.43. The van der Waals surface area contributed by atoms with Gasteiger partial charge in [0, 0.05) is 18.5 Å². The lowest BCUT2D eigenvalue weighted by atomic mass is 9.88. The number of halogens is 1. The highest BCUT2D eigenvalue weighted by molar-refractivity contribution is 6.13. The number of ketones is 2. The molecule has 3 aliphatic rings. The molecule has 6 heteroatoms. The third kappa shape index (κ3) is 1.26. The number of carbonyl (C=O) groups is 3. The number of hydrogen-bond donors (Lipinski definition) is 2. The van der Waals surface area contributed by atoms with E-state index in [1.54, 1.807) is 0 Å². The lowest BCUT2D eigenvalue weighted by molar-refractivity contribution is -0.119. The van der Waals surface area contributed by atoms with Gasteiger partial charge in [0.1, 0.15) is 0 Å². The monoisotopic (exact) mass is 236 g/mol. The third-order valence-corrected chi connectivity index (χ3v) is 3.34. The van der Waals surface area contributed by atoms with E-state index in [0.717, 1.165) is 12.2 Å². The lowest BCUT2D eigenvalue weighted by Crippen LogP contribution is -2.43. The highest BCUT2D eigenvalue weighted by atomic mass is 19.1. The van der Waals surface area contributed by atoms with Crippen LogP contribution < -0.4 is 10.6 Å². The summed E-state index contributed by atoms with van der Waals surface area (Å²) in [4.78, 5) is 34.2. The van der Waals surface area contributed by atoms with Crippen LogP contribution in [-0.4, -0.2) is 35.9 Å². The minimum Gasteiger partial charge on any atom is -0.335 e. The normalized spacial score (nSPS) is 35.4. The Kier molecular flexibility index (Phi) is 1.81. The summed E-state index contributed by atoms with van der Waals surface area (Å²) in [5.41, 5.74) is -0.216. The zero-order chi connectivity index (χ0) is 12.2. The van der Waals surface area contributed by atoms with E-state index in [-0.39, 0.29) is 30.4 Å². The summed E-state index contributed by atoms with van der Waals surface area (Å²) in [5, 5.41) is 5.19. The van der Waals surface area contributed by atoms with Crippen LogP contribution in [0.5, 0.6) is 0 Å². The van der Waals surface area contributed by atoms with E-state index < -0.39 is 17.5 Å². The molecule has 88 valence electrons. The number of Topliss-reactive ketones (excluding diaryl/α,β-unsaturated/α-hetero) is 1. The van der Waals surface area contributed by atoms with Crippen molar-refractivity contribution < 1.29 is 18.8 Å². The van der Waals surface area contributed by atoms with Gasteiger partial charge in [0.05, 0.1) is 5.54 Å². The first-order valence-electron chi connectivity index (χ1n) is 5.23. The van der Waals surface area contributed by atoms with Crippen LogP contribution in [0.25, 0.3) is 0 Å². The van der Waals surface area contributed by atoms with E-state index in [2.05, 4.69) is 10.6 Å². The van der Waals surface area contributed by atoms with Crippen molar-refractivity contribution in [3.8, 4) is 0 Å². The molecule has 2 unspecified atom stereocenters. The summed E-state index contributed by atoms with van der Waals surface area (Å²) >= 11 is 0. The van der Waals surface area contributed by atoms with Gasteiger partial charge in [0.25, 0.3) is 0 Å². The van der Waals surface area contributed by atoms with Crippen LogP contribution in [0.2, 0.25) is 0 Å². The molecule has 3 rings (SSSR count). The summed E-state index contributed by atoms with van der Waals surface area (Å²) < 4.78 is 13.4. The van der Waals surface area contributed by atoms with Crippen LogP contribution in [0.15, 0.2) is 23.3 Å². The number of carbonyl (C=O) groups excluding carboxylic acids is 3. The molecule has 1 aliphatic heterocycles. The van der Waals surface area contributed by atoms with Gasteiger partial charge in [-0.1, -0.05) is 0 Å². The number of urea groups is 1. The predicted octanol–water partition coefficient (Wildman–Crippen LogP) is -0.216. The van der Waals surface area contributed by atoms with Gasteiger partial charge >= 0.3 is 6.03 Å². The van der Waals surface area contributed by atoms with Crippen LogP contribution >= 0.6 is 0 Å². The van der Waals surface area contributed by atoms with Crippen molar-refractivity contribution >= 4 is 17.6 Å². The minimum atomic E-state index is -1.73. The molecule has 0 aromatic heterocycles. The minimum absolute atomic E-state index is 0.0728. The first kappa shape index (κ1) is 10.2. The molecule has 0 bridgehead atoms. The Labute approximate surface area is 95.7 Å². The van der Waals surface area contributed by atoms with Crippen molar-refractivity contribution in [1.82, 2.24) is 10.6 Å². The zero-order valence-corrected chi connectivity index (χ0v) is 8.75. The van der Waals surface area contributed by atoms with Gasteiger partial charge < -0.3 is 10.6 Å². The predicted molar refractivity (Wildman–Crippen MR) is 55.0 cm³/mol. The van der Waals surface area contributed by atoms with E-state index in [4.69, 9.17) is 0 Å². The third-order valence-electron chi connectivity index (χ3n) is 3.34. The first-order chi connectivity index (χ1) is 8.02. The Morgan fingerprint density at radius 2 is 2.12 bits per heavy atom. The quantitative estimate of drug-likeness (QED) is 0.610. The van der Waals surface area contributed by atoms with Crippen LogP contribution in [0.3, 0.4) is 0 Å². The molecule has 2 amide bonds. The highest BCUT2D eigenvalue weighted by Gasteiger charge is 2.51. The number of nitrogens with one attached hydrogen (secondary N) is 2. The maximum atomic E-state index is 13.4. The maximum Gasteiger partial charge on any atom is 0.315 e. The SMILES string of the molecule is O=C1NCC2(CC(=O)C3=CC(=O)C(F)C=C32)N1. The molecule has 1 spiro atoms. The summed E-state index contributed by atoms with van der Waals surface area (Å²) in [7, 11) is 0. The lowest BCUT2D eigenvalue weighted by Gasteiger charge is -2.24. The second-order valence-corrected chi connectivity index (χ2v) is 4.43. The Bertz CT molecular complexity index is 523. The number of fused-ring (bicyclic) bond motifs is 2. The standard InChI is InChI=1S/C11H9FN2O3/c12-7-2-6-5(1-8(7)15)9(16)3-11(6)4-13-10(17)14-11/h1-2,7H,3-4H2,(H2,13,14,17). The Hall–Kier alpha value is -1.98. The number of rotatable bonds is 0. The molecule has 2 fully saturated rings. The highest BCUT2D eigenvalue weighted by Crippen LogP contribution is 2.40. The van der Waals surface area contributed by atoms with Crippen LogP contribution in [-0.2, 0) is 9.59 Å². The molecule has 2 atom stereocenters. The summed E-state index contributed by atoms with van der Waals surface area (Å²) in [6.45, 7) is 0.238. The molecule has 2 aliphatic carbocycles. The molecule has 5 nitrogen and oxygen atoms in total. The summed E-state index contributed by atoms with van der Waals surface area (Å²) in [6, 6.07) is -0.382. The van der Waals surface area contributed by atoms with Gasteiger partial charge in [-0.2, -0.15) is 0 Å². The van der Waals surface area contributed by atoms with Gasteiger partial charge in [-0.25, -0.2) is 9.18 Å². The van der Waals surface area contributed by atoms with E-state index in [1.165, 1.54) is 0 Å². The van der Waals surface area contributed by atoms with Gasteiger partial charge in [-0.05, 0) is 17.7 Å². The van der Waals surface area contributed by atoms with Gasteiger partial charge in [-0.3, -0.25) is 9.59 Å². The number of alkyl halides is 1. The fourth-order valence-electron chi connectivity index (χ4n) is 2.54. The number of hydrogen-bond acceptors (Lipinski definition) is 3. The van der Waals surface area contributed by atoms with E-state index in [9.17, 15) is 18.8 Å². The van der Waals surface area contributed by atoms with Gasteiger partial charge in [-0.15, -0.1) is 0 Å². The van der Waals surface area contributed by atoms with E-state index >= 15 is 0 Å². The topological polar surface area (TPSA) is 75.3 Å². The average molecular weight is 236 g/mol. The molecule has 1 saturated carbocycles. The molecule has 2 N–H and O–H groups in total. The molecule has 0 aromatic rings. The average Bonchev–Trinajstić information content (AvgIpc) is 2.74. The van der Waals surface area contributed by atoms with Crippen LogP contribution in [0.1, 0.15) is 6.42 Å².